The summed E-state index contributed by atoms with van der Waals surface area (Å²) in [4.78, 5) is 5.66. The van der Waals surface area contributed by atoms with Crippen LogP contribution in [0.3, 0.4) is 0 Å². The number of thioether (sulfide) groups is 2. The molecule has 0 spiro atoms. The highest BCUT2D eigenvalue weighted by molar-refractivity contribution is 8.16. The molecule has 1 atom stereocenters. The first-order chi connectivity index (χ1) is 9.83. The van der Waals surface area contributed by atoms with Gasteiger partial charge in [0.05, 0.1) is 11.8 Å². The lowest BCUT2D eigenvalue weighted by Crippen LogP contribution is -2.10. The molecule has 2 nitrogen and oxygen atoms in total. The Morgan fingerprint density at radius 1 is 1.05 bits per heavy atom. The minimum absolute atomic E-state index is 0.285. The number of hydrogen-bond donors (Lipinski definition) is 0. The van der Waals surface area contributed by atoms with Crippen LogP contribution in [0, 0.1) is 11.3 Å². The summed E-state index contributed by atoms with van der Waals surface area (Å²) in [6, 6.07) is 22.0. The lowest BCUT2D eigenvalue weighted by Gasteiger charge is -2.10. The molecular weight excluding hydrogens is 284 g/mol. The molecule has 2 rings (SSSR count). The van der Waals surface area contributed by atoms with Gasteiger partial charge in [-0.25, -0.2) is 4.99 Å². The van der Waals surface area contributed by atoms with Crippen molar-refractivity contribution >= 4 is 34.3 Å². The summed E-state index contributed by atoms with van der Waals surface area (Å²) < 4.78 is 0. The van der Waals surface area contributed by atoms with E-state index in [4.69, 9.17) is 0 Å². The van der Waals surface area contributed by atoms with E-state index in [1.54, 1.807) is 0 Å². The molecule has 2 aromatic rings. The average molecular weight is 298 g/mol. The van der Waals surface area contributed by atoms with Crippen molar-refractivity contribution in [2.75, 3.05) is 6.26 Å². The van der Waals surface area contributed by atoms with Gasteiger partial charge in [-0.2, -0.15) is 5.26 Å². The highest BCUT2D eigenvalue weighted by atomic mass is 32.2. The lowest BCUT2D eigenvalue weighted by molar-refractivity contribution is 1.38. The van der Waals surface area contributed by atoms with Crippen molar-refractivity contribution in [2.45, 2.75) is 10.1 Å². The Kier molecular flexibility index (Phi) is 5.72. The summed E-state index contributed by atoms with van der Waals surface area (Å²) in [6.07, 6.45) is 1.96. The van der Waals surface area contributed by atoms with E-state index in [1.165, 1.54) is 23.5 Å². The number of hydrogen-bond acceptors (Lipinski definition) is 4. The van der Waals surface area contributed by atoms with E-state index in [0.29, 0.717) is 0 Å². The van der Waals surface area contributed by atoms with Gasteiger partial charge in [-0.1, -0.05) is 36.4 Å². The Morgan fingerprint density at radius 2 is 1.65 bits per heavy atom. The molecule has 0 aliphatic carbocycles. The molecule has 0 radical (unpaired) electrons. The third-order valence-electron chi connectivity index (χ3n) is 2.54. The third-order valence-corrected chi connectivity index (χ3v) is 4.55. The van der Waals surface area contributed by atoms with Crippen LogP contribution in [0.25, 0.3) is 0 Å². The zero-order valence-electron chi connectivity index (χ0n) is 11.1. The zero-order valence-corrected chi connectivity index (χ0v) is 12.7. The van der Waals surface area contributed by atoms with Crippen LogP contribution in [0.4, 0.5) is 5.69 Å². The van der Waals surface area contributed by atoms with Gasteiger partial charge in [0.2, 0.25) is 0 Å². The molecule has 0 saturated heterocycles. The minimum Gasteiger partial charge on any atom is -0.244 e. The molecule has 20 heavy (non-hydrogen) atoms. The summed E-state index contributed by atoms with van der Waals surface area (Å²) in [5.41, 5.74) is 0.880. The number of nitriles is 1. The fourth-order valence-corrected chi connectivity index (χ4v) is 3.30. The zero-order chi connectivity index (χ0) is 14.2. The standard InChI is InChI=1S/C16H14N2S2/c1-19-16(18-13-8-4-2-5-9-13)15(12-17)20-14-10-6-3-7-11-14/h2-11,15H,1H3. The number of benzene rings is 2. The predicted molar refractivity (Wildman–Crippen MR) is 88.8 cm³/mol. The van der Waals surface area contributed by atoms with Crippen LogP contribution in [0.2, 0.25) is 0 Å². The van der Waals surface area contributed by atoms with Gasteiger partial charge >= 0.3 is 0 Å². The Balaban J connectivity index is 2.20. The van der Waals surface area contributed by atoms with Gasteiger partial charge in [0.1, 0.15) is 10.3 Å². The van der Waals surface area contributed by atoms with Crippen molar-refractivity contribution in [1.82, 2.24) is 0 Å². The molecule has 1 unspecified atom stereocenters. The minimum atomic E-state index is -0.285. The molecule has 0 saturated carbocycles. The smallest absolute Gasteiger partial charge is 0.144 e. The summed E-state index contributed by atoms with van der Waals surface area (Å²) in [5.74, 6) is 0. The van der Waals surface area contributed by atoms with E-state index in [9.17, 15) is 5.26 Å². The summed E-state index contributed by atoms with van der Waals surface area (Å²) in [5, 5.41) is 9.94. The molecule has 4 heteroatoms. The highest BCUT2D eigenvalue weighted by Crippen LogP contribution is 2.28. The average Bonchev–Trinajstić information content (AvgIpc) is 2.52. The SMILES string of the molecule is CSC(=Nc1ccccc1)C(C#N)Sc1ccccc1. The van der Waals surface area contributed by atoms with Crippen molar-refractivity contribution in [2.24, 2.45) is 4.99 Å². The molecule has 0 heterocycles. The van der Waals surface area contributed by atoms with E-state index in [2.05, 4.69) is 11.1 Å². The van der Waals surface area contributed by atoms with Gasteiger partial charge in [0.25, 0.3) is 0 Å². The van der Waals surface area contributed by atoms with Crippen LogP contribution >= 0.6 is 23.5 Å². The van der Waals surface area contributed by atoms with Crippen LogP contribution in [0.1, 0.15) is 0 Å². The lowest BCUT2D eigenvalue weighted by atomic mass is 10.3. The second-order valence-electron chi connectivity index (χ2n) is 3.93. The van der Waals surface area contributed by atoms with Gasteiger partial charge in [-0.15, -0.1) is 23.5 Å². The first-order valence-electron chi connectivity index (χ1n) is 6.12. The second-order valence-corrected chi connectivity index (χ2v) is 5.93. The van der Waals surface area contributed by atoms with Crippen LogP contribution in [0.5, 0.6) is 0 Å². The topological polar surface area (TPSA) is 36.1 Å². The van der Waals surface area contributed by atoms with E-state index < -0.39 is 0 Å². The molecule has 100 valence electrons. The fraction of sp³-hybridized carbons (Fsp3) is 0.125. The first kappa shape index (κ1) is 14.7. The Bertz CT molecular complexity index is 603. The summed E-state index contributed by atoms with van der Waals surface area (Å²) in [6.45, 7) is 0. The molecule has 0 fully saturated rings. The van der Waals surface area contributed by atoms with E-state index in [-0.39, 0.29) is 5.25 Å². The quantitative estimate of drug-likeness (QED) is 0.463. The normalized spacial score (nSPS) is 12.7. The maximum absolute atomic E-state index is 9.40. The van der Waals surface area contributed by atoms with E-state index in [1.807, 2.05) is 66.9 Å². The first-order valence-corrected chi connectivity index (χ1v) is 8.23. The van der Waals surface area contributed by atoms with E-state index >= 15 is 0 Å². The number of para-hydroxylation sites is 1. The molecular formula is C16H14N2S2. The van der Waals surface area contributed by atoms with Gasteiger partial charge < -0.3 is 0 Å². The van der Waals surface area contributed by atoms with Crippen LogP contribution in [-0.2, 0) is 0 Å². The molecule has 2 aromatic carbocycles. The summed E-state index contributed by atoms with van der Waals surface area (Å²) in [7, 11) is 0. The Labute approximate surface area is 127 Å². The monoisotopic (exact) mass is 298 g/mol. The van der Waals surface area contributed by atoms with Crippen molar-refractivity contribution in [3.05, 3.63) is 60.7 Å². The number of rotatable bonds is 4. The maximum atomic E-state index is 9.40. The molecule has 0 aromatic heterocycles. The van der Waals surface area contributed by atoms with Crippen molar-refractivity contribution in [3.8, 4) is 6.07 Å². The maximum Gasteiger partial charge on any atom is 0.144 e. The molecule has 0 aliphatic rings. The molecule has 0 aliphatic heterocycles. The highest BCUT2D eigenvalue weighted by Gasteiger charge is 2.16. The van der Waals surface area contributed by atoms with Crippen molar-refractivity contribution < 1.29 is 0 Å². The van der Waals surface area contributed by atoms with Gasteiger partial charge in [-0.3, -0.25) is 0 Å². The Morgan fingerprint density at radius 3 is 2.20 bits per heavy atom. The van der Waals surface area contributed by atoms with Crippen molar-refractivity contribution in [3.63, 3.8) is 0 Å². The van der Waals surface area contributed by atoms with Crippen molar-refractivity contribution in [1.29, 1.82) is 5.26 Å². The molecule has 0 N–H and O–H groups in total. The number of nitrogens with zero attached hydrogens (tertiary/aromatic N) is 2. The van der Waals surface area contributed by atoms with Crippen LogP contribution < -0.4 is 0 Å². The number of aliphatic imine (C=N–C) groups is 1. The predicted octanol–water partition coefficient (Wildman–Crippen LogP) is 4.76. The van der Waals surface area contributed by atoms with Gasteiger partial charge in [0.15, 0.2) is 0 Å². The van der Waals surface area contributed by atoms with Crippen LogP contribution in [0.15, 0.2) is 70.6 Å². The van der Waals surface area contributed by atoms with E-state index in [0.717, 1.165) is 15.6 Å². The second kappa shape index (κ2) is 7.78. The largest absolute Gasteiger partial charge is 0.244 e. The molecule has 0 bridgehead atoms. The van der Waals surface area contributed by atoms with Crippen LogP contribution in [-0.4, -0.2) is 16.5 Å². The van der Waals surface area contributed by atoms with Gasteiger partial charge in [0, 0.05) is 4.90 Å². The third kappa shape index (κ3) is 4.16. The Hall–Kier alpha value is -1.70. The molecule has 0 amide bonds. The fourth-order valence-electron chi connectivity index (χ4n) is 1.61. The summed E-state index contributed by atoms with van der Waals surface area (Å²) >= 11 is 3.05. The van der Waals surface area contributed by atoms with Gasteiger partial charge in [-0.05, 0) is 30.5 Å².